The van der Waals surface area contributed by atoms with E-state index in [9.17, 15) is 4.79 Å². The summed E-state index contributed by atoms with van der Waals surface area (Å²) in [6.07, 6.45) is 0. The Hall–Kier alpha value is -0.100. The van der Waals surface area contributed by atoms with Gasteiger partial charge in [0.15, 0.2) is 0 Å². The SMILES string of the molecule is CN(Cc1csc(Br)c1)CC(Cl)C(=O)O. The van der Waals surface area contributed by atoms with Crippen LogP contribution in [0.5, 0.6) is 0 Å². The van der Waals surface area contributed by atoms with E-state index in [0.29, 0.717) is 13.1 Å². The van der Waals surface area contributed by atoms with Gasteiger partial charge in [0.05, 0.1) is 3.79 Å². The second-order valence-electron chi connectivity index (χ2n) is 3.26. The number of thiophene rings is 1. The minimum atomic E-state index is -0.977. The summed E-state index contributed by atoms with van der Waals surface area (Å²) in [4.78, 5) is 12.4. The fraction of sp³-hybridized carbons (Fsp3) is 0.444. The average molecular weight is 313 g/mol. The van der Waals surface area contributed by atoms with E-state index in [0.717, 1.165) is 9.35 Å². The summed E-state index contributed by atoms with van der Waals surface area (Å²) in [5.41, 5.74) is 1.16. The van der Waals surface area contributed by atoms with Crippen molar-refractivity contribution >= 4 is 44.8 Å². The first-order chi connectivity index (χ1) is 6.99. The Labute approximate surface area is 106 Å². The second kappa shape index (κ2) is 5.84. The molecule has 0 radical (unpaired) electrons. The van der Waals surface area contributed by atoms with Crippen molar-refractivity contribution in [3.8, 4) is 0 Å². The molecule has 1 aromatic rings. The highest BCUT2D eigenvalue weighted by Crippen LogP contribution is 2.21. The molecule has 6 heteroatoms. The summed E-state index contributed by atoms with van der Waals surface area (Å²) in [6.45, 7) is 1.04. The number of nitrogens with zero attached hydrogens (tertiary/aromatic N) is 1. The Morgan fingerprint density at radius 2 is 2.47 bits per heavy atom. The molecule has 84 valence electrons. The lowest BCUT2D eigenvalue weighted by molar-refractivity contribution is -0.136. The van der Waals surface area contributed by atoms with Gasteiger partial charge in [-0.15, -0.1) is 22.9 Å². The minimum absolute atomic E-state index is 0.338. The first-order valence-corrected chi connectivity index (χ1v) is 6.38. The zero-order valence-corrected chi connectivity index (χ0v) is 11.3. The van der Waals surface area contributed by atoms with Crippen LogP contribution < -0.4 is 0 Å². The standard InChI is InChI=1S/C9H11BrClNO2S/c1-12(4-7(11)9(13)14)3-6-2-8(10)15-5-6/h2,5,7H,3-4H2,1H3,(H,13,14). The minimum Gasteiger partial charge on any atom is -0.480 e. The molecule has 1 unspecified atom stereocenters. The van der Waals surface area contributed by atoms with Crippen LogP contribution in [0.1, 0.15) is 5.56 Å². The lowest BCUT2D eigenvalue weighted by Crippen LogP contribution is -2.30. The monoisotopic (exact) mass is 311 g/mol. The maximum absolute atomic E-state index is 10.5. The van der Waals surface area contributed by atoms with Gasteiger partial charge in [-0.3, -0.25) is 4.79 Å². The predicted octanol–water partition coefficient (Wildman–Crippen LogP) is 2.63. The molecule has 1 heterocycles. The zero-order chi connectivity index (χ0) is 11.4. The number of aliphatic carboxylic acids is 1. The van der Waals surface area contributed by atoms with Crippen molar-refractivity contribution in [3.05, 3.63) is 20.8 Å². The van der Waals surface area contributed by atoms with Crippen molar-refractivity contribution in [1.82, 2.24) is 4.90 Å². The van der Waals surface area contributed by atoms with E-state index in [1.165, 1.54) is 0 Å². The fourth-order valence-corrected chi connectivity index (χ4v) is 2.59. The number of carbonyl (C=O) groups is 1. The van der Waals surface area contributed by atoms with Gasteiger partial charge >= 0.3 is 5.97 Å². The van der Waals surface area contributed by atoms with Crippen LogP contribution in [0.15, 0.2) is 15.2 Å². The van der Waals surface area contributed by atoms with Crippen LogP contribution in [0, 0.1) is 0 Å². The number of rotatable bonds is 5. The normalized spacial score (nSPS) is 13.1. The van der Waals surface area contributed by atoms with E-state index in [1.54, 1.807) is 11.3 Å². The van der Waals surface area contributed by atoms with E-state index in [1.807, 2.05) is 23.4 Å². The molecule has 15 heavy (non-hydrogen) atoms. The Morgan fingerprint density at radius 3 is 2.93 bits per heavy atom. The molecule has 0 spiro atoms. The fourth-order valence-electron chi connectivity index (χ4n) is 1.16. The maximum Gasteiger partial charge on any atom is 0.322 e. The van der Waals surface area contributed by atoms with Crippen LogP contribution in [0.25, 0.3) is 0 Å². The number of carboxylic acid groups (broad SMARTS) is 1. The van der Waals surface area contributed by atoms with Crippen molar-refractivity contribution in [3.63, 3.8) is 0 Å². The summed E-state index contributed by atoms with van der Waals surface area (Å²) < 4.78 is 1.08. The van der Waals surface area contributed by atoms with Gasteiger partial charge in [0.2, 0.25) is 0 Å². The van der Waals surface area contributed by atoms with Crippen LogP contribution in [0.3, 0.4) is 0 Å². The zero-order valence-electron chi connectivity index (χ0n) is 8.11. The molecule has 0 saturated heterocycles. The molecule has 0 aliphatic rings. The first-order valence-electron chi connectivity index (χ1n) is 4.27. The largest absolute Gasteiger partial charge is 0.480 e. The van der Waals surface area contributed by atoms with Crippen molar-refractivity contribution < 1.29 is 9.90 Å². The van der Waals surface area contributed by atoms with Crippen LogP contribution >= 0.6 is 38.9 Å². The molecule has 0 saturated carbocycles. The molecule has 1 N–H and O–H groups in total. The highest BCUT2D eigenvalue weighted by Gasteiger charge is 2.16. The van der Waals surface area contributed by atoms with Gasteiger partial charge in [-0.2, -0.15) is 0 Å². The average Bonchev–Trinajstić information content (AvgIpc) is 2.50. The van der Waals surface area contributed by atoms with Crippen LogP contribution in [0.4, 0.5) is 0 Å². The molecular weight excluding hydrogens is 302 g/mol. The van der Waals surface area contributed by atoms with E-state index in [4.69, 9.17) is 16.7 Å². The number of alkyl halides is 1. The molecule has 0 aliphatic heterocycles. The lowest BCUT2D eigenvalue weighted by Gasteiger charge is -2.16. The van der Waals surface area contributed by atoms with Crippen molar-refractivity contribution in [2.75, 3.05) is 13.6 Å². The van der Waals surface area contributed by atoms with E-state index >= 15 is 0 Å². The van der Waals surface area contributed by atoms with Crippen molar-refractivity contribution in [1.29, 1.82) is 0 Å². The Kier molecular flexibility index (Phi) is 5.05. The number of hydrogen-bond donors (Lipinski definition) is 1. The molecule has 3 nitrogen and oxygen atoms in total. The van der Waals surface area contributed by atoms with Gasteiger partial charge in [0.1, 0.15) is 5.38 Å². The summed E-state index contributed by atoms with van der Waals surface area (Å²) in [7, 11) is 1.85. The van der Waals surface area contributed by atoms with Gasteiger partial charge in [-0.25, -0.2) is 0 Å². The quantitative estimate of drug-likeness (QED) is 0.850. The van der Waals surface area contributed by atoms with Crippen LogP contribution in [0.2, 0.25) is 0 Å². The third kappa shape index (κ3) is 4.51. The molecule has 0 aromatic carbocycles. The van der Waals surface area contributed by atoms with Crippen molar-refractivity contribution in [2.24, 2.45) is 0 Å². The molecule has 0 amide bonds. The topological polar surface area (TPSA) is 40.5 Å². The molecular formula is C9H11BrClNO2S. The second-order valence-corrected chi connectivity index (χ2v) is 6.08. The van der Waals surface area contributed by atoms with E-state index < -0.39 is 11.3 Å². The van der Waals surface area contributed by atoms with Gasteiger partial charge in [0.25, 0.3) is 0 Å². The first kappa shape index (κ1) is 13.0. The molecule has 1 atom stereocenters. The van der Waals surface area contributed by atoms with Gasteiger partial charge in [0, 0.05) is 13.1 Å². The third-order valence-electron chi connectivity index (χ3n) is 1.81. The summed E-state index contributed by atoms with van der Waals surface area (Å²) in [5, 5.41) is 9.82. The van der Waals surface area contributed by atoms with Gasteiger partial charge in [-0.1, -0.05) is 0 Å². The lowest BCUT2D eigenvalue weighted by atomic mass is 10.3. The predicted molar refractivity (Wildman–Crippen MR) is 65.6 cm³/mol. The molecule has 1 aromatic heterocycles. The van der Waals surface area contributed by atoms with Gasteiger partial charge in [-0.05, 0) is 40.0 Å². The summed E-state index contributed by atoms with van der Waals surface area (Å²) in [5.74, 6) is -0.977. The molecule has 0 fully saturated rings. The van der Waals surface area contributed by atoms with Gasteiger partial charge < -0.3 is 10.0 Å². The molecule has 0 aliphatic carbocycles. The number of carboxylic acids is 1. The summed E-state index contributed by atoms with van der Waals surface area (Å²) in [6, 6.07) is 2.02. The van der Waals surface area contributed by atoms with Crippen LogP contribution in [-0.4, -0.2) is 34.9 Å². The highest BCUT2D eigenvalue weighted by atomic mass is 79.9. The smallest absolute Gasteiger partial charge is 0.322 e. The maximum atomic E-state index is 10.5. The van der Waals surface area contributed by atoms with Crippen molar-refractivity contribution in [2.45, 2.75) is 11.9 Å². The number of hydrogen-bond acceptors (Lipinski definition) is 3. The molecule has 1 rings (SSSR count). The van der Waals surface area contributed by atoms with E-state index in [2.05, 4.69) is 15.9 Å². The van der Waals surface area contributed by atoms with E-state index in [-0.39, 0.29) is 0 Å². The Bertz CT molecular complexity index is 345. The third-order valence-corrected chi connectivity index (χ3v) is 3.69. The highest BCUT2D eigenvalue weighted by molar-refractivity contribution is 9.11. The van der Waals surface area contributed by atoms with Crippen LogP contribution in [-0.2, 0) is 11.3 Å². The molecule has 0 bridgehead atoms. The Balaban J connectivity index is 2.42. The number of halogens is 2. The summed E-state index contributed by atoms with van der Waals surface area (Å²) >= 11 is 10.6. The Morgan fingerprint density at radius 1 is 1.80 bits per heavy atom.